The summed E-state index contributed by atoms with van der Waals surface area (Å²) in [7, 11) is 1.75. The number of nitrogens with one attached hydrogen (secondary N) is 2. The number of amides is 1. The number of hydrogen-bond donors (Lipinski definition) is 2. The second-order valence-corrected chi connectivity index (χ2v) is 9.10. The van der Waals surface area contributed by atoms with E-state index >= 15 is 0 Å². The van der Waals surface area contributed by atoms with E-state index in [9.17, 15) is 4.79 Å². The third kappa shape index (κ3) is 5.05. The van der Waals surface area contributed by atoms with Crippen molar-refractivity contribution in [3.63, 3.8) is 0 Å². The van der Waals surface area contributed by atoms with Crippen molar-refractivity contribution in [1.29, 1.82) is 0 Å². The molecule has 4 fully saturated rings. The number of nitrogens with zero attached hydrogens (tertiary/aromatic N) is 1. The Balaban J connectivity index is 1.16. The van der Waals surface area contributed by atoms with Gasteiger partial charge in [0.05, 0.1) is 12.7 Å². The highest BCUT2D eigenvalue weighted by molar-refractivity contribution is 5.82. The van der Waals surface area contributed by atoms with Crippen LogP contribution in [0.1, 0.15) is 51.4 Å². The van der Waals surface area contributed by atoms with Gasteiger partial charge < -0.3 is 19.7 Å². The summed E-state index contributed by atoms with van der Waals surface area (Å²) in [5.41, 5.74) is 2.97. The summed E-state index contributed by atoms with van der Waals surface area (Å²) in [5, 5.41) is 3.66. The molecule has 0 radical (unpaired) electrons. The molecule has 7 heteroatoms. The van der Waals surface area contributed by atoms with E-state index in [4.69, 9.17) is 14.3 Å². The number of methoxy groups -OCH3 is 1. The molecule has 7 nitrogen and oxygen atoms in total. The first-order chi connectivity index (χ1) is 13.7. The Hall–Kier alpha value is -0.730. The third-order valence-electron chi connectivity index (χ3n) is 7.11. The molecule has 3 saturated heterocycles. The van der Waals surface area contributed by atoms with Gasteiger partial charge in [-0.05, 0) is 63.3 Å². The smallest absolute Gasteiger partial charge is 0.242 e. The van der Waals surface area contributed by atoms with Gasteiger partial charge in [0.1, 0.15) is 12.1 Å². The summed E-state index contributed by atoms with van der Waals surface area (Å²) >= 11 is 0. The molecule has 160 valence electrons. The van der Waals surface area contributed by atoms with Gasteiger partial charge in [0, 0.05) is 39.3 Å². The largest absolute Gasteiger partial charge is 0.384 e. The topological polar surface area (TPSA) is 72.1 Å². The molecule has 5 atom stereocenters. The number of fused-ring (bicyclic) bond motifs is 1. The third-order valence-corrected chi connectivity index (χ3v) is 7.11. The van der Waals surface area contributed by atoms with Gasteiger partial charge in [0.15, 0.2) is 0 Å². The number of piperidine rings is 2. The van der Waals surface area contributed by atoms with Crippen LogP contribution in [0.2, 0.25) is 0 Å². The normalized spacial score (nSPS) is 37.0. The zero-order valence-electron chi connectivity index (χ0n) is 17.2. The Morgan fingerprint density at radius 1 is 1.11 bits per heavy atom. The molecule has 5 unspecified atom stereocenters. The van der Waals surface area contributed by atoms with E-state index in [1.807, 2.05) is 4.90 Å². The van der Waals surface area contributed by atoms with E-state index in [1.165, 1.54) is 25.8 Å². The molecule has 0 aromatic rings. The van der Waals surface area contributed by atoms with Gasteiger partial charge in [0.2, 0.25) is 5.91 Å². The van der Waals surface area contributed by atoms with Crippen molar-refractivity contribution in [2.24, 2.45) is 11.8 Å². The molecule has 1 saturated carbocycles. The predicted molar refractivity (Wildman–Crippen MR) is 106 cm³/mol. The number of rotatable bonds is 6. The van der Waals surface area contributed by atoms with Crippen molar-refractivity contribution in [3.05, 3.63) is 0 Å². The first-order valence-electron chi connectivity index (χ1n) is 11.3. The number of carbonyl (C=O) groups is 1. The average Bonchev–Trinajstić information content (AvgIpc) is 3.21. The molecule has 4 rings (SSSR count). The zero-order chi connectivity index (χ0) is 19.3. The summed E-state index contributed by atoms with van der Waals surface area (Å²) in [6.07, 6.45) is 9.21. The number of hydroxylamine groups is 1. The number of hydrogen-bond acceptors (Lipinski definition) is 6. The lowest BCUT2D eigenvalue weighted by Crippen LogP contribution is -2.47. The van der Waals surface area contributed by atoms with Crippen LogP contribution in [-0.2, 0) is 19.1 Å². The van der Waals surface area contributed by atoms with Gasteiger partial charge in [-0.1, -0.05) is 0 Å². The van der Waals surface area contributed by atoms with Gasteiger partial charge in [0.25, 0.3) is 0 Å². The van der Waals surface area contributed by atoms with Crippen molar-refractivity contribution in [2.75, 3.05) is 40.0 Å². The molecule has 0 spiro atoms. The minimum absolute atomic E-state index is 0.0258. The highest BCUT2D eigenvalue weighted by Crippen LogP contribution is 2.32. The van der Waals surface area contributed by atoms with E-state index in [1.54, 1.807) is 7.11 Å². The highest BCUT2D eigenvalue weighted by Gasteiger charge is 2.37. The predicted octanol–water partition coefficient (Wildman–Crippen LogP) is 1.47. The number of likely N-dealkylation sites (tertiary alicyclic amines) is 1. The molecule has 1 aliphatic carbocycles. The molecule has 0 aromatic carbocycles. The van der Waals surface area contributed by atoms with Crippen molar-refractivity contribution < 1.29 is 19.1 Å². The summed E-state index contributed by atoms with van der Waals surface area (Å²) < 4.78 is 11.4. The van der Waals surface area contributed by atoms with Crippen molar-refractivity contribution in [1.82, 2.24) is 15.7 Å². The lowest BCUT2D eigenvalue weighted by molar-refractivity contribution is -0.136. The fraction of sp³-hybridized carbons (Fsp3) is 0.952. The summed E-state index contributed by atoms with van der Waals surface area (Å²) in [6.45, 7) is 4.21. The Morgan fingerprint density at radius 2 is 1.96 bits per heavy atom. The standard InChI is InChI=1S/C21H37N3O4/c1-26-13-15-6-9-24(10-7-15)21(25)20-12-18(28-23-20)14-27-17-4-5-19-16(11-17)3-2-8-22-19/h15-20,22-23H,2-14H2,1H3. The SMILES string of the molecule is COCC1CCN(C(=O)C2CC(COC3CCC4NCCCC4C3)ON2)CC1. The molecule has 28 heavy (non-hydrogen) atoms. The highest BCUT2D eigenvalue weighted by atomic mass is 16.7. The first kappa shape index (κ1) is 20.5. The van der Waals surface area contributed by atoms with Gasteiger partial charge in [-0.3, -0.25) is 9.63 Å². The van der Waals surface area contributed by atoms with Gasteiger partial charge in [-0.15, -0.1) is 0 Å². The molecule has 4 aliphatic rings. The Morgan fingerprint density at radius 3 is 2.79 bits per heavy atom. The van der Waals surface area contributed by atoms with Crippen LogP contribution in [0.3, 0.4) is 0 Å². The molecule has 0 bridgehead atoms. The van der Waals surface area contributed by atoms with Crippen molar-refractivity contribution in [3.8, 4) is 0 Å². The second-order valence-electron chi connectivity index (χ2n) is 9.10. The molecular weight excluding hydrogens is 358 g/mol. The van der Waals surface area contributed by atoms with Crippen LogP contribution in [0.4, 0.5) is 0 Å². The lowest BCUT2D eigenvalue weighted by Gasteiger charge is -2.39. The van der Waals surface area contributed by atoms with Gasteiger partial charge in [-0.25, -0.2) is 0 Å². The molecule has 0 aromatic heterocycles. The Labute approximate surface area is 168 Å². The summed E-state index contributed by atoms with van der Waals surface area (Å²) in [6, 6.07) is 0.471. The van der Waals surface area contributed by atoms with Crippen LogP contribution < -0.4 is 10.8 Å². The van der Waals surface area contributed by atoms with Crippen LogP contribution >= 0.6 is 0 Å². The fourth-order valence-corrected chi connectivity index (χ4v) is 5.42. The molecule has 3 heterocycles. The molecular formula is C21H37N3O4. The zero-order valence-corrected chi connectivity index (χ0v) is 17.2. The van der Waals surface area contributed by atoms with E-state index in [2.05, 4.69) is 10.8 Å². The minimum atomic E-state index is -0.231. The van der Waals surface area contributed by atoms with Crippen LogP contribution in [0, 0.1) is 11.8 Å². The van der Waals surface area contributed by atoms with Gasteiger partial charge >= 0.3 is 0 Å². The molecule has 1 amide bonds. The Bertz CT molecular complexity index is 512. The van der Waals surface area contributed by atoms with E-state index in [-0.39, 0.29) is 18.1 Å². The van der Waals surface area contributed by atoms with E-state index in [0.717, 1.165) is 51.3 Å². The van der Waals surface area contributed by atoms with Crippen molar-refractivity contribution >= 4 is 5.91 Å². The van der Waals surface area contributed by atoms with Crippen LogP contribution in [0.5, 0.6) is 0 Å². The fourth-order valence-electron chi connectivity index (χ4n) is 5.42. The molecule has 2 N–H and O–H groups in total. The Kier molecular flexibility index (Phi) is 7.22. The lowest BCUT2D eigenvalue weighted by atomic mass is 9.78. The van der Waals surface area contributed by atoms with Crippen molar-refractivity contribution in [2.45, 2.75) is 75.7 Å². The maximum atomic E-state index is 12.8. The maximum absolute atomic E-state index is 12.8. The first-order valence-corrected chi connectivity index (χ1v) is 11.3. The monoisotopic (exact) mass is 395 g/mol. The second kappa shape index (κ2) is 9.85. The summed E-state index contributed by atoms with van der Waals surface area (Å²) in [5.74, 6) is 1.52. The van der Waals surface area contributed by atoms with Crippen LogP contribution in [0.25, 0.3) is 0 Å². The molecule has 3 aliphatic heterocycles. The van der Waals surface area contributed by atoms with E-state index < -0.39 is 0 Å². The maximum Gasteiger partial charge on any atom is 0.242 e. The number of carbonyl (C=O) groups excluding carboxylic acids is 1. The van der Waals surface area contributed by atoms with Crippen LogP contribution in [0.15, 0.2) is 0 Å². The van der Waals surface area contributed by atoms with Crippen LogP contribution in [-0.4, -0.2) is 75.1 Å². The summed E-state index contributed by atoms with van der Waals surface area (Å²) in [4.78, 5) is 20.4. The number of ether oxygens (including phenoxy) is 2. The van der Waals surface area contributed by atoms with E-state index in [0.29, 0.717) is 31.1 Å². The quantitative estimate of drug-likeness (QED) is 0.710. The van der Waals surface area contributed by atoms with Gasteiger partial charge in [-0.2, -0.15) is 5.48 Å². The minimum Gasteiger partial charge on any atom is -0.384 e. The average molecular weight is 396 g/mol.